The summed E-state index contributed by atoms with van der Waals surface area (Å²) >= 11 is 14.3. The number of hydrogen-bond acceptors (Lipinski definition) is 2. The summed E-state index contributed by atoms with van der Waals surface area (Å²) in [6, 6.07) is 5.23. The molecule has 0 aromatic heterocycles. The molecule has 0 aliphatic heterocycles. The molecule has 0 saturated carbocycles. The van der Waals surface area contributed by atoms with Gasteiger partial charge < -0.3 is 11.1 Å². The van der Waals surface area contributed by atoms with Gasteiger partial charge >= 0.3 is 0 Å². The van der Waals surface area contributed by atoms with Crippen LogP contribution in [0, 0.1) is 5.41 Å². The third-order valence-electron chi connectivity index (χ3n) is 2.93. The molecule has 18 heavy (non-hydrogen) atoms. The van der Waals surface area contributed by atoms with Crippen molar-refractivity contribution < 1.29 is 4.79 Å². The zero-order chi connectivity index (χ0) is 13.9. The minimum Gasteiger partial charge on any atom is -0.392 e. The van der Waals surface area contributed by atoms with E-state index in [2.05, 4.69) is 21.2 Å². The third-order valence-corrected chi connectivity index (χ3v) is 4.20. The second-order valence-electron chi connectivity index (χ2n) is 4.13. The second-order valence-corrected chi connectivity index (χ2v) is 5.89. The van der Waals surface area contributed by atoms with E-state index >= 15 is 0 Å². The molecule has 98 valence electrons. The summed E-state index contributed by atoms with van der Waals surface area (Å²) in [5, 5.41) is 3.22. The molecule has 1 atom stereocenters. The van der Waals surface area contributed by atoms with E-state index in [1.54, 1.807) is 25.1 Å². The molecule has 0 aliphatic rings. The Balaban J connectivity index is 3.00. The van der Waals surface area contributed by atoms with Crippen molar-refractivity contribution in [1.29, 1.82) is 0 Å². The Kier molecular flexibility index (Phi) is 5.13. The molecule has 1 rings (SSSR count). The molecule has 0 heterocycles. The molecule has 0 spiro atoms. The van der Waals surface area contributed by atoms with Crippen molar-refractivity contribution in [3.63, 3.8) is 0 Å². The van der Waals surface area contributed by atoms with Crippen LogP contribution in [0.2, 0.25) is 5.02 Å². The highest BCUT2D eigenvalue weighted by atomic mass is 79.9. The van der Waals surface area contributed by atoms with Gasteiger partial charge in [0.1, 0.15) is 0 Å². The van der Waals surface area contributed by atoms with Gasteiger partial charge in [0.2, 0.25) is 5.91 Å². The minimum atomic E-state index is -0.874. The summed E-state index contributed by atoms with van der Waals surface area (Å²) in [6.07, 6.45) is 0.528. The maximum atomic E-state index is 12.2. The highest BCUT2D eigenvalue weighted by Crippen LogP contribution is 2.29. The van der Waals surface area contributed by atoms with Gasteiger partial charge in [0.25, 0.3) is 0 Å². The van der Waals surface area contributed by atoms with Crippen molar-refractivity contribution in [3.8, 4) is 0 Å². The number of benzene rings is 1. The highest BCUT2D eigenvalue weighted by molar-refractivity contribution is 9.10. The van der Waals surface area contributed by atoms with Crippen LogP contribution in [0.4, 0.5) is 5.69 Å². The van der Waals surface area contributed by atoms with Crippen LogP contribution in [-0.2, 0) is 4.79 Å². The molecule has 1 aromatic rings. The molecular weight excluding hydrogens is 336 g/mol. The molecule has 6 heteroatoms. The fourth-order valence-electron chi connectivity index (χ4n) is 1.30. The molecule has 0 fully saturated rings. The molecule has 0 radical (unpaired) electrons. The van der Waals surface area contributed by atoms with Gasteiger partial charge in [0, 0.05) is 4.47 Å². The zero-order valence-corrected chi connectivity index (χ0v) is 13.2. The lowest BCUT2D eigenvalue weighted by molar-refractivity contribution is -0.121. The lowest BCUT2D eigenvalue weighted by Crippen LogP contribution is -2.43. The van der Waals surface area contributed by atoms with E-state index < -0.39 is 5.41 Å². The van der Waals surface area contributed by atoms with E-state index in [0.29, 0.717) is 17.1 Å². The van der Waals surface area contributed by atoms with Crippen molar-refractivity contribution in [2.75, 3.05) is 5.32 Å². The number of anilines is 1. The number of rotatable bonds is 4. The lowest BCUT2D eigenvalue weighted by atomic mass is 9.86. The molecule has 3 nitrogen and oxygen atoms in total. The molecule has 0 bridgehead atoms. The lowest BCUT2D eigenvalue weighted by Gasteiger charge is -2.25. The Morgan fingerprint density at radius 1 is 1.61 bits per heavy atom. The summed E-state index contributed by atoms with van der Waals surface area (Å²) in [6.45, 7) is 3.58. The summed E-state index contributed by atoms with van der Waals surface area (Å²) in [5.41, 5.74) is 5.29. The van der Waals surface area contributed by atoms with Crippen LogP contribution in [0.15, 0.2) is 22.7 Å². The van der Waals surface area contributed by atoms with Crippen LogP contribution < -0.4 is 11.1 Å². The van der Waals surface area contributed by atoms with Crippen LogP contribution >= 0.6 is 39.7 Å². The van der Waals surface area contributed by atoms with Crippen LogP contribution in [0.1, 0.15) is 20.3 Å². The summed E-state index contributed by atoms with van der Waals surface area (Å²) in [4.78, 5) is 12.4. The smallest absolute Gasteiger partial charge is 0.237 e. The Morgan fingerprint density at radius 2 is 2.22 bits per heavy atom. The van der Waals surface area contributed by atoms with Gasteiger partial charge in [-0.15, -0.1) is 0 Å². The molecule has 1 unspecified atom stereocenters. The highest BCUT2D eigenvalue weighted by Gasteiger charge is 2.34. The molecule has 3 N–H and O–H groups in total. The number of amides is 1. The first-order chi connectivity index (χ1) is 8.31. The number of nitrogens with two attached hydrogens (primary N) is 1. The molecular formula is C12H14BrClN2OS. The van der Waals surface area contributed by atoms with Crippen molar-refractivity contribution in [2.24, 2.45) is 11.1 Å². The maximum Gasteiger partial charge on any atom is 0.237 e. The predicted octanol–water partition coefficient (Wildman–Crippen LogP) is 3.74. The Morgan fingerprint density at radius 3 is 2.72 bits per heavy atom. The van der Waals surface area contributed by atoms with Gasteiger partial charge in [-0.1, -0.05) is 46.7 Å². The Labute approximate surface area is 125 Å². The maximum absolute atomic E-state index is 12.2. The van der Waals surface area contributed by atoms with Crippen LogP contribution in [0.5, 0.6) is 0 Å². The van der Waals surface area contributed by atoms with Gasteiger partial charge in [-0.25, -0.2) is 0 Å². The van der Waals surface area contributed by atoms with Crippen LogP contribution in [0.3, 0.4) is 0 Å². The predicted molar refractivity (Wildman–Crippen MR) is 83.0 cm³/mol. The fraction of sp³-hybridized carbons (Fsp3) is 0.333. The van der Waals surface area contributed by atoms with Crippen molar-refractivity contribution in [1.82, 2.24) is 0 Å². The summed E-state index contributed by atoms with van der Waals surface area (Å²) in [5.74, 6) is -0.252. The summed E-state index contributed by atoms with van der Waals surface area (Å²) in [7, 11) is 0. The second kappa shape index (κ2) is 5.99. The SMILES string of the molecule is CCC(C)(C(=O)Nc1cc(Br)ccc1Cl)C(N)=S. The van der Waals surface area contributed by atoms with Crippen molar-refractivity contribution in [3.05, 3.63) is 27.7 Å². The van der Waals surface area contributed by atoms with E-state index in [0.717, 1.165) is 4.47 Å². The summed E-state index contributed by atoms with van der Waals surface area (Å²) < 4.78 is 0.829. The van der Waals surface area contributed by atoms with E-state index in [1.807, 2.05) is 6.92 Å². The van der Waals surface area contributed by atoms with Gasteiger partial charge in [0.05, 0.1) is 21.1 Å². The van der Waals surface area contributed by atoms with E-state index in [9.17, 15) is 4.79 Å². The number of carbonyl (C=O) groups excluding carboxylic acids is 1. The average Bonchev–Trinajstić information content (AvgIpc) is 2.32. The van der Waals surface area contributed by atoms with E-state index in [1.165, 1.54) is 0 Å². The zero-order valence-electron chi connectivity index (χ0n) is 10.1. The largest absolute Gasteiger partial charge is 0.392 e. The number of nitrogens with one attached hydrogen (secondary N) is 1. The molecule has 1 amide bonds. The topological polar surface area (TPSA) is 55.1 Å². The van der Waals surface area contributed by atoms with Crippen LogP contribution in [-0.4, -0.2) is 10.9 Å². The number of hydrogen-bond donors (Lipinski definition) is 2. The monoisotopic (exact) mass is 348 g/mol. The third kappa shape index (κ3) is 3.22. The number of thiocarbonyl (C=S) groups is 1. The standard InChI is InChI=1S/C12H14BrClN2OS/c1-3-12(2,10(15)18)11(17)16-9-6-7(13)4-5-8(9)14/h4-6H,3H2,1-2H3,(H2,15,18)(H,16,17). The molecule has 0 saturated heterocycles. The minimum absolute atomic E-state index is 0.175. The van der Waals surface area contributed by atoms with E-state index in [4.69, 9.17) is 29.6 Å². The molecule has 1 aromatic carbocycles. The Hall–Kier alpha value is -0.650. The Bertz CT molecular complexity index is 495. The first kappa shape index (κ1) is 15.4. The van der Waals surface area contributed by atoms with Gasteiger partial charge in [-0.05, 0) is 31.5 Å². The van der Waals surface area contributed by atoms with Crippen molar-refractivity contribution in [2.45, 2.75) is 20.3 Å². The molecule has 0 aliphatic carbocycles. The van der Waals surface area contributed by atoms with Crippen molar-refractivity contribution >= 4 is 56.3 Å². The number of halogens is 2. The normalized spacial score (nSPS) is 13.8. The first-order valence-electron chi connectivity index (χ1n) is 5.37. The first-order valence-corrected chi connectivity index (χ1v) is 6.95. The van der Waals surface area contributed by atoms with Gasteiger partial charge in [0.15, 0.2) is 0 Å². The fourth-order valence-corrected chi connectivity index (χ4v) is 2.06. The van der Waals surface area contributed by atoms with Crippen LogP contribution in [0.25, 0.3) is 0 Å². The van der Waals surface area contributed by atoms with E-state index in [-0.39, 0.29) is 10.9 Å². The average molecular weight is 350 g/mol. The quantitative estimate of drug-likeness (QED) is 0.814. The van der Waals surface area contributed by atoms with Gasteiger partial charge in [-0.2, -0.15) is 0 Å². The number of carbonyl (C=O) groups is 1. The van der Waals surface area contributed by atoms with Gasteiger partial charge in [-0.3, -0.25) is 4.79 Å².